The van der Waals surface area contributed by atoms with E-state index in [1.165, 1.54) is 6.07 Å². The van der Waals surface area contributed by atoms with Gasteiger partial charge in [-0.1, -0.05) is 37.3 Å². The zero-order valence-electron chi connectivity index (χ0n) is 16.0. The molecule has 2 aromatic heterocycles. The van der Waals surface area contributed by atoms with Crippen LogP contribution in [0.1, 0.15) is 29.8 Å². The van der Waals surface area contributed by atoms with E-state index in [2.05, 4.69) is 0 Å². The Balaban J connectivity index is 2.19. The summed E-state index contributed by atoms with van der Waals surface area (Å²) in [4.78, 5) is 37.6. The van der Waals surface area contributed by atoms with Gasteiger partial charge in [0.15, 0.2) is 5.43 Å². The van der Waals surface area contributed by atoms with Crippen LogP contribution in [0, 0.1) is 0 Å². The third-order valence-electron chi connectivity index (χ3n) is 4.74. The molecule has 0 spiro atoms. The molecule has 0 saturated carbocycles. The van der Waals surface area contributed by atoms with Crippen molar-refractivity contribution in [3.63, 3.8) is 0 Å². The van der Waals surface area contributed by atoms with Gasteiger partial charge in [0, 0.05) is 17.2 Å². The first-order valence-electron chi connectivity index (χ1n) is 9.34. The summed E-state index contributed by atoms with van der Waals surface area (Å²) in [5.41, 5.74) is 0.768. The van der Waals surface area contributed by atoms with E-state index < -0.39 is 11.6 Å². The third-order valence-corrected chi connectivity index (χ3v) is 4.74. The summed E-state index contributed by atoms with van der Waals surface area (Å²) >= 11 is 0. The molecule has 0 radical (unpaired) electrons. The van der Waals surface area contributed by atoms with Gasteiger partial charge in [-0.2, -0.15) is 0 Å². The molecule has 0 aliphatic carbocycles. The molecule has 2 aromatic carbocycles. The van der Waals surface area contributed by atoms with E-state index in [9.17, 15) is 14.4 Å². The highest BCUT2D eigenvalue weighted by atomic mass is 16.5. The van der Waals surface area contributed by atoms with E-state index in [1.54, 1.807) is 13.0 Å². The fraction of sp³-hybridized carbons (Fsp3) is 0.174. The van der Waals surface area contributed by atoms with Crippen LogP contribution >= 0.6 is 0 Å². The Bertz CT molecular complexity index is 1350. The van der Waals surface area contributed by atoms with Crippen LogP contribution in [0.25, 0.3) is 33.3 Å². The average molecular weight is 390 g/mol. The molecule has 0 atom stereocenters. The van der Waals surface area contributed by atoms with E-state index in [1.807, 2.05) is 37.3 Å². The SMILES string of the molecule is CCOC(=O)c1cc(=O)oc2ccc3c(=O)c(CC)c(-c4ccccc4)oc3c12. The zero-order valence-corrected chi connectivity index (χ0v) is 16.0. The van der Waals surface area contributed by atoms with Crippen molar-refractivity contribution in [1.29, 1.82) is 0 Å². The van der Waals surface area contributed by atoms with Gasteiger partial charge in [-0.05, 0) is 25.5 Å². The van der Waals surface area contributed by atoms with Crippen molar-refractivity contribution in [2.24, 2.45) is 0 Å². The van der Waals surface area contributed by atoms with Gasteiger partial charge in [0.05, 0.1) is 22.9 Å². The molecule has 0 bridgehead atoms. The lowest BCUT2D eigenvalue weighted by Gasteiger charge is -2.12. The number of ether oxygens (including phenoxy) is 1. The summed E-state index contributed by atoms with van der Waals surface area (Å²) in [6.07, 6.45) is 0.481. The highest BCUT2D eigenvalue weighted by Gasteiger charge is 2.22. The molecule has 0 N–H and O–H groups in total. The van der Waals surface area contributed by atoms with E-state index in [0.29, 0.717) is 23.1 Å². The fourth-order valence-corrected chi connectivity index (χ4v) is 3.46. The van der Waals surface area contributed by atoms with E-state index in [-0.39, 0.29) is 34.2 Å². The number of hydrogen-bond donors (Lipinski definition) is 0. The van der Waals surface area contributed by atoms with Crippen molar-refractivity contribution in [2.75, 3.05) is 6.61 Å². The van der Waals surface area contributed by atoms with Crippen LogP contribution < -0.4 is 11.1 Å². The molecule has 0 amide bonds. The van der Waals surface area contributed by atoms with Gasteiger partial charge in [-0.25, -0.2) is 9.59 Å². The highest BCUT2D eigenvalue weighted by Crippen LogP contribution is 2.32. The minimum atomic E-state index is -0.685. The molecule has 0 fully saturated rings. The van der Waals surface area contributed by atoms with Crippen molar-refractivity contribution >= 4 is 27.9 Å². The Morgan fingerprint density at radius 2 is 1.76 bits per heavy atom. The second-order valence-corrected chi connectivity index (χ2v) is 6.47. The van der Waals surface area contributed by atoms with Crippen LogP contribution in [-0.4, -0.2) is 12.6 Å². The van der Waals surface area contributed by atoms with E-state index >= 15 is 0 Å². The monoisotopic (exact) mass is 390 g/mol. The van der Waals surface area contributed by atoms with Crippen LogP contribution in [-0.2, 0) is 11.2 Å². The zero-order chi connectivity index (χ0) is 20.5. The maximum absolute atomic E-state index is 13.2. The van der Waals surface area contributed by atoms with Gasteiger partial charge >= 0.3 is 11.6 Å². The number of fused-ring (bicyclic) bond motifs is 3. The predicted molar refractivity (Wildman–Crippen MR) is 109 cm³/mol. The van der Waals surface area contributed by atoms with Gasteiger partial charge in [0.1, 0.15) is 16.9 Å². The first-order valence-corrected chi connectivity index (χ1v) is 9.34. The normalized spacial score (nSPS) is 11.1. The van der Waals surface area contributed by atoms with Gasteiger partial charge in [-0.15, -0.1) is 0 Å². The topological polar surface area (TPSA) is 86.7 Å². The number of esters is 1. The number of rotatable bonds is 4. The Morgan fingerprint density at radius 1 is 1.00 bits per heavy atom. The minimum Gasteiger partial charge on any atom is -0.462 e. The number of carbonyl (C=O) groups excluding carboxylic acids is 1. The summed E-state index contributed by atoms with van der Waals surface area (Å²) in [6, 6.07) is 13.4. The molecule has 0 unspecified atom stereocenters. The number of benzene rings is 2. The third kappa shape index (κ3) is 3.12. The summed E-state index contributed by atoms with van der Waals surface area (Å²) in [7, 11) is 0. The fourth-order valence-electron chi connectivity index (χ4n) is 3.46. The summed E-state index contributed by atoms with van der Waals surface area (Å²) in [5.74, 6) is -0.250. The van der Waals surface area contributed by atoms with Crippen LogP contribution in [0.15, 0.2) is 67.0 Å². The van der Waals surface area contributed by atoms with Gasteiger partial charge in [0.2, 0.25) is 0 Å². The highest BCUT2D eigenvalue weighted by molar-refractivity contribution is 6.13. The Labute approximate surface area is 165 Å². The Morgan fingerprint density at radius 3 is 2.45 bits per heavy atom. The van der Waals surface area contributed by atoms with Crippen LogP contribution in [0.2, 0.25) is 0 Å². The molecule has 2 heterocycles. The molecule has 0 aliphatic heterocycles. The van der Waals surface area contributed by atoms with Crippen LogP contribution in [0.4, 0.5) is 0 Å². The van der Waals surface area contributed by atoms with Crippen molar-refractivity contribution in [3.05, 3.63) is 80.3 Å². The molecule has 146 valence electrons. The molecule has 29 heavy (non-hydrogen) atoms. The molecule has 4 rings (SSSR count). The first-order chi connectivity index (χ1) is 14.0. The lowest BCUT2D eigenvalue weighted by molar-refractivity contribution is 0.0528. The van der Waals surface area contributed by atoms with Crippen LogP contribution in [0.5, 0.6) is 0 Å². The molecular formula is C23H18O6. The number of hydrogen-bond acceptors (Lipinski definition) is 6. The van der Waals surface area contributed by atoms with Gasteiger partial charge in [-0.3, -0.25) is 4.79 Å². The second-order valence-electron chi connectivity index (χ2n) is 6.47. The maximum atomic E-state index is 13.2. The van der Waals surface area contributed by atoms with Gasteiger partial charge in [0.25, 0.3) is 0 Å². The molecular weight excluding hydrogens is 372 g/mol. The second kappa shape index (κ2) is 7.39. The summed E-state index contributed by atoms with van der Waals surface area (Å²) in [6.45, 7) is 3.70. The van der Waals surface area contributed by atoms with Crippen LogP contribution in [0.3, 0.4) is 0 Å². The molecule has 0 saturated heterocycles. The lowest BCUT2D eigenvalue weighted by Crippen LogP contribution is -2.13. The Kier molecular flexibility index (Phi) is 4.76. The summed E-state index contributed by atoms with van der Waals surface area (Å²) < 4.78 is 16.5. The van der Waals surface area contributed by atoms with Gasteiger partial charge < -0.3 is 13.6 Å². The maximum Gasteiger partial charge on any atom is 0.339 e. The molecule has 0 aliphatic rings. The van der Waals surface area contributed by atoms with E-state index in [4.69, 9.17) is 13.6 Å². The van der Waals surface area contributed by atoms with Crippen molar-refractivity contribution in [2.45, 2.75) is 20.3 Å². The molecule has 6 nitrogen and oxygen atoms in total. The lowest BCUT2D eigenvalue weighted by atomic mass is 10.0. The predicted octanol–water partition coefficient (Wildman–Crippen LogP) is 4.31. The Hall–Kier alpha value is -3.67. The largest absolute Gasteiger partial charge is 0.462 e. The van der Waals surface area contributed by atoms with Crippen molar-refractivity contribution in [3.8, 4) is 11.3 Å². The van der Waals surface area contributed by atoms with Crippen molar-refractivity contribution in [1.82, 2.24) is 0 Å². The summed E-state index contributed by atoms with van der Waals surface area (Å²) in [5, 5.41) is 0.561. The number of carbonyl (C=O) groups is 1. The van der Waals surface area contributed by atoms with Crippen molar-refractivity contribution < 1.29 is 18.4 Å². The average Bonchev–Trinajstić information content (AvgIpc) is 2.73. The smallest absolute Gasteiger partial charge is 0.339 e. The quantitative estimate of drug-likeness (QED) is 0.293. The first kappa shape index (κ1) is 18.7. The minimum absolute atomic E-state index is 0.00936. The molecule has 4 aromatic rings. The van der Waals surface area contributed by atoms with E-state index in [0.717, 1.165) is 11.6 Å². The molecule has 6 heteroatoms. The standard InChI is InChI=1S/C23H18O6/c1-3-14-20(25)15-10-11-17-19(16(12-18(24)28-17)23(26)27-4-2)22(15)29-21(14)13-8-6-5-7-9-13/h5-12H,3-4H2,1-2H3.